The molecule has 2 unspecified atom stereocenters. The number of aryl methyl sites for hydroxylation is 1. The molecule has 4 aromatic heterocycles. The Labute approximate surface area is 355 Å². The maximum atomic E-state index is 13.0. The van der Waals surface area contributed by atoms with E-state index in [1.807, 2.05) is 61.2 Å². The summed E-state index contributed by atoms with van der Waals surface area (Å²) in [6, 6.07) is 13.6. The quantitative estimate of drug-likeness (QED) is 0.0371. The molecule has 15 nitrogen and oxygen atoms in total. The van der Waals surface area contributed by atoms with Crippen LogP contribution < -0.4 is 10.2 Å². The molecule has 4 atom stereocenters. The fourth-order valence-corrected chi connectivity index (χ4v) is 12.4. The molecule has 16 heteroatoms. The van der Waals surface area contributed by atoms with Gasteiger partial charge in [-0.1, -0.05) is 48.9 Å². The van der Waals surface area contributed by atoms with Gasteiger partial charge in [-0.2, -0.15) is 5.10 Å². The molecular weight excluding hydrogens is 777 g/mol. The molecule has 4 aliphatic rings. The van der Waals surface area contributed by atoms with Crippen LogP contribution >= 0.6 is 11.3 Å². The molecule has 4 aliphatic carbocycles. The molecule has 4 saturated carbocycles. The Morgan fingerprint density at radius 3 is 2.47 bits per heavy atom. The molecule has 0 amide bonds. The molecule has 4 heterocycles. The topological polar surface area (TPSA) is 183 Å². The Balaban J connectivity index is 1.07. The Morgan fingerprint density at radius 1 is 0.967 bits per heavy atom. The lowest BCUT2D eigenvalue weighted by Gasteiger charge is -2.69. The van der Waals surface area contributed by atoms with Crippen LogP contribution in [0, 0.1) is 30.1 Å². The predicted octanol–water partition coefficient (Wildman–Crippen LogP) is 9.72. The monoisotopic (exact) mass is 832 g/mol. The van der Waals surface area contributed by atoms with Crippen LogP contribution in [0.5, 0.6) is 0 Å². The first-order valence-electron chi connectivity index (χ1n) is 21.0. The number of fused-ring (bicyclic) bond motifs is 1. The number of rotatable bonds is 18. The van der Waals surface area contributed by atoms with Crippen molar-refractivity contribution in [3.05, 3.63) is 76.1 Å². The zero-order chi connectivity index (χ0) is 42.3. The number of aromatic nitrogens is 6. The van der Waals surface area contributed by atoms with E-state index in [-0.39, 0.29) is 27.5 Å². The summed E-state index contributed by atoms with van der Waals surface area (Å²) < 4.78 is 10.0. The minimum atomic E-state index is -1.12. The molecule has 5 aromatic rings. The molecule has 9 rings (SSSR count). The van der Waals surface area contributed by atoms with Crippen LogP contribution in [-0.2, 0) is 11.3 Å². The van der Waals surface area contributed by atoms with Crippen LogP contribution in [0.1, 0.15) is 93.4 Å². The van der Waals surface area contributed by atoms with Crippen molar-refractivity contribution < 1.29 is 14.6 Å². The van der Waals surface area contributed by atoms with Crippen molar-refractivity contribution in [2.24, 2.45) is 21.4 Å². The fraction of sp³-hybridized carbons (Fsp3) is 0.545. The minimum absolute atomic E-state index is 0.0439. The molecule has 0 saturated heterocycles. The maximum Gasteiger partial charge on any atom is 0.355 e. The van der Waals surface area contributed by atoms with Crippen molar-refractivity contribution in [1.82, 2.24) is 34.8 Å². The van der Waals surface area contributed by atoms with Gasteiger partial charge in [-0.15, -0.1) is 10.2 Å². The third kappa shape index (κ3) is 8.56. The largest absolute Gasteiger partial charge is 0.476 e. The van der Waals surface area contributed by atoms with Crippen LogP contribution in [0.3, 0.4) is 0 Å². The third-order valence-corrected chi connectivity index (χ3v) is 13.8. The number of likely N-dealkylation sites (N-methyl/N-ethyl adjacent to an activating group) is 1. The van der Waals surface area contributed by atoms with Crippen LogP contribution in [-0.4, -0.2) is 91.9 Å². The molecule has 0 aliphatic heterocycles. The number of pyridine rings is 1. The lowest BCUT2D eigenvalue weighted by molar-refractivity contribution is -0.248. The number of para-hydroxylation sites is 1. The van der Waals surface area contributed by atoms with Gasteiger partial charge < -0.3 is 25.0 Å². The van der Waals surface area contributed by atoms with Crippen LogP contribution in [0.25, 0.3) is 31.8 Å². The minimum Gasteiger partial charge on any atom is -0.476 e. The normalized spacial score (nSPS) is 24.2. The van der Waals surface area contributed by atoms with Crippen molar-refractivity contribution in [3.63, 3.8) is 0 Å². The average molecular weight is 833 g/mol. The number of carboxylic acid groups (broad SMARTS) is 1. The Morgan fingerprint density at radius 2 is 1.75 bits per heavy atom. The number of hydrogen-bond acceptors (Lipinski definition) is 12. The van der Waals surface area contributed by atoms with E-state index >= 15 is 0 Å². The number of azide groups is 1. The summed E-state index contributed by atoms with van der Waals surface area (Å²) in [6.45, 7) is 12.2. The molecule has 1 aromatic carbocycles. The Bertz CT molecular complexity index is 2390. The summed E-state index contributed by atoms with van der Waals surface area (Å²) in [4.78, 5) is 29.5. The third-order valence-electron chi connectivity index (χ3n) is 12.8. The summed E-state index contributed by atoms with van der Waals surface area (Å²) in [7, 11) is 4.19. The summed E-state index contributed by atoms with van der Waals surface area (Å²) in [5.74, 6) is 0.452. The average Bonchev–Trinajstić information content (AvgIpc) is 3.75. The van der Waals surface area contributed by atoms with Crippen molar-refractivity contribution in [3.8, 4) is 11.1 Å². The first kappa shape index (κ1) is 41.6. The highest BCUT2D eigenvalue weighted by Crippen LogP contribution is 2.72. The van der Waals surface area contributed by atoms with E-state index < -0.39 is 5.97 Å². The van der Waals surface area contributed by atoms with Crippen LogP contribution in [0.4, 0.5) is 22.6 Å². The molecule has 316 valence electrons. The second-order valence-electron chi connectivity index (χ2n) is 18.7. The van der Waals surface area contributed by atoms with Crippen molar-refractivity contribution in [2.45, 2.75) is 97.6 Å². The van der Waals surface area contributed by atoms with Gasteiger partial charge in [-0.05, 0) is 137 Å². The highest BCUT2D eigenvalue weighted by molar-refractivity contribution is 7.22. The van der Waals surface area contributed by atoms with E-state index in [0.29, 0.717) is 36.1 Å². The molecule has 60 heavy (non-hydrogen) atoms. The predicted molar refractivity (Wildman–Crippen MR) is 235 cm³/mol. The van der Waals surface area contributed by atoms with Gasteiger partial charge in [-0.25, -0.2) is 14.8 Å². The van der Waals surface area contributed by atoms with Gasteiger partial charge in [0.05, 0.1) is 28.6 Å². The second kappa shape index (κ2) is 16.4. The molecule has 4 bridgehead atoms. The smallest absolute Gasteiger partial charge is 0.355 e. The van der Waals surface area contributed by atoms with Gasteiger partial charge in [0.2, 0.25) is 0 Å². The number of benzene rings is 1. The standard InChI is InChI=1S/C44H56N12O3S/c1-29-20-36(51-52-38(29)50-40-48-33-12-8-9-13-34(33)60-40)55(17-11-7-10-16-46-53-45)35-15-14-31(37(49-35)39(57)58)32-21-47-56(30(32)2)28-43-23-41(3)22-42(4,24-43)26-44(25-41,27-43)59-19-18-54(5)6/h8-9,12-15,20-21H,7,10-11,16-19,22-28H2,1-6H3,(H,57,58)(H,48,50,52)/t41-,42+,43?,44?. The number of aromatic carboxylic acids is 1. The highest BCUT2D eigenvalue weighted by atomic mass is 32.1. The second-order valence-corrected chi connectivity index (χ2v) is 19.7. The Hall–Kier alpha value is -5.15. The van der Waals surface area contributed by atoms with Crippen LogP contribution in [0.15, 0.2) is 53.8 Å². The maximum absolute atomic E-state index is 13.0. The fourth-order valence-electron chi connectivity index (χ4n) is 11.5. The number of hydrogen-bond donors (Lipinski definition) is 2. The van der Waals surface area contributed by atoms with Crippen molar-refractivity contribution >= 4 is 50.1 Å². The SMILES string of the molecule is Cc1cc(N(CCCCCN=[N+]=[N-])c2ccc(-c3cnn(CC45CC6(OCCN(C)C)C[C@](C)(C4)C[C@](C)(C5)C6)c3C)c(C(=O)O)n2)nnc1Nc1nc2ccccc2s1. The summed E-state index contributed by atoms with van der Waals surface area (Å²) >= 11 is 1.54. The zero-order valence-corrected chi connectivity index (χ0v) is 36.4. The lowest BCUT2D eigenvalue weighted by atomic mass is 9.39. The molecule has 4 fully saturated rings. The summed E-state index contributed by atoms with van der Waals surface area (Å²) in [6.07, 6.45) is 10.8. The van der Waals surface area contributed by atoms with E-state index in [1.165, 1.54) is 6.42 Å². The van der Waals surface area contributed by atoms with Crippen molar-refractivity contribution in [2.75, 3.05) is 50.6 Å². The number of carbonyl (C=O) groups is 1. The van der Waals surface area contributed by atoms with E-state index in [9.17, 15) is 9.90 Å². The van der Waals surface area contributed by atoms with E-state index in [0.717, 1.165) is 103 Å². The van der Waals surface area contributed by atoms with Crippen molar-refractivity contribution in [1.29, 1.82) is 0 Å². The molecule has 0 spiro atoms. The Kier molecular flexibility index (Phi) is 11.3. The number of anilines is 4. The van der Waals surface area contributed by atoms with E-state index in [1.54, 1.807) is 17.5 Å². The van der Waals surface area contributed by atoms with E-state index in [4.69, 9.17) is 20.4 Å². The van der Waals surface area contributed by atoms with E-state index in [2.05, 4.69) is 68.0 Å². The lowest BCUT2D eigenvalue weighted by Crippen LogP contribution is -2.64. The molecule has 2 N–H and O–H groups in total. The van der Waals surface area contributed by atoms with Gasteiger partial charge in [0.25, 0.3) is 0 Å². The van der Waals surface area contributed by atoms with Gasteiger partial charge in [0.1, 0.15) is 5.82 Å². The van der Waals surface area contributed by atoms with Crippen LogP contribution in [0.2, 0.25) is 0 Å². The first-order chi connectivity index (χ1) is 28.7. The van der Waals surface area contributed by atoms with Gasteiger partial charge >= 0.3 is 5.97 Å². The summed E-state index contributed by atoms with van der Waals surface area (Å²) in [5.41, 5.74) is 13.0. The van der Waals surface area contributed by atoms with Gasteiger partial charge in [0, 0.05) is 47.9 Å². The number of ether oxygens (including phenoxy) is 1. The number of carboxylic acids is 1. The number of nitrogens with zero attached hydrogens (tertiary/aromatic N) is 11. The zero-order valence-electron chi connectivity index (χ0n) is 35.6. The van der Waals surface area contributed by atoms with Gasteiger partial charge in [-0.3, -0.25) is 4.68 Å². The number of nitrogens with one attached hydrogen (secondary N) is 1. The molecule has 0 radical (unpaired) electrons. The summed E-state index contributed by atoms with van der Waals surface area (Å²) in [5, 5.41) is 32.5. The number of unbranched alkanes of at least 4 members (excludes halogenated alkanes) is 2. The molecular formula is C44H56N12O3S. The highest BCUT2D eigenvalue weighted by Gasteiger charge is 2.66. The van der Waals surface area contributed by atoms with Gasteiger partial charge in [0.15, 0.2) is 22.5 Å². The number of thiazole rings is 1. The first-order valence-corrected chi connectivity index (χ1v) is 21.8.